The summed E-state index contributed by atoms with van der Waals surface area (Å²) in [6.45, 7) is 4.46. The maximum absolute atomic E-state index is 11.6. The molecule has 92 valence electrons. The molecule has 1 aromatic carbocycles. The molecular weight excluding hydrogens is 214 g/mol. The molecule has 0 aliphatic carbocycles. The molecule has 1 aliphatic heterocycles. The van der Waals surface area contributed by atoms with E-state index in [0.717, 1.165) is 13.1 Å². The van der Waals surface area contributed by atoms with Crippen molar-refractivity contribution < 1.29 is 9.53 Å². The van der Waals surface area contributed by atoms with E-state index in [1.807, 2.05) is 25.1 Å². The van der Waals surface area contributed by atoms with Crippen molar-refractivity contribution in [1.82, 2.24) is 4.90 Å². The van der Waals surface area contributed by atoms with E-state index < -0.39 is 0 Å². The van der Waals surface area contributed by atoms with Crippen LogP contribution in [-0.2, 0) is 4.74 Å². The number of likely N-dealkylation sites (tertiary alicyclic amines) is 1. The lowest BCUT2D eigenvalue weighted by molar-refractivity contribution is 0.0526. The molecule has 17 heavy (non-hydrogen) atoms. The van der Waals surface area contributed by atoms with E-state index in [2.05, 4.69) is 18.0 Å². The molecule has 1 aliphatic rings. The van der Waals surface area contributed by atoms with Gasteiger partial charge < -0.3 is 9.64 Å². The zero-order chi connectivity index (χ0) is 12.3. The van der Waals surface area contributed by atoms with Crippen molar-refractivity contribution in [1.29, 1.82) is 0 Å². The molecule has 0 aromatic heterocycles. The normalized spacial score (nSPS) is 20.5. The topological polar surface area (TPSA) is 29.5 Å². The number of likely N-dealkylation sites (N-methyl/N-ethyl adjacent to an activating group) is 1. The van der Waals surface area contributed by atoms with Gasteiger partial charge in [-0.1, -0.05) is 12.1 Å². The van der Waals surface area contributed by atoms with Crippen molar-refractivity contribution in [3.63, 3.8) is 0 Å². The minimum Gasteiger partial charge on any atom is -0.462 e. The van der Waals surface area contributed by atoms with Crippen LogP contribution in [0.1, 0.15) is 35.2 Å². The molecule has 0 spiro atoms. The van der Waals surface area contributed by atoms with Crippen molar-refractivity contribution in [3.8, 4) is 0 Å². The molecule has 1 heterocycles. The van der Waals surface area contributed by atoms with Gasteiger partial charge in [0.05, 0.1) is 12.2 Å². The molecule has 0 bridgehead atoms. The number of benzene rings is 1. The zero-order valence-electron chi connectivity index (χ0n) is 10.5. The number of esters is 1. The maximum atomic E-state index is 11.6. The number of nitrogens with zero attached hydrogens (tertiary/aromatic N) is 1. The first-order chi connectivity index (χ1) is 8.20. The van der Waals surface area contributed by atoms with Crippen LogP contribution in [0.3, 0.4) is 0 Å². The highest BCUT2D eigenvalue weighted by Gasteiger charge is 2.21. The highest BCUT2D eigenvalue weighted by Crippen LogP contribution is 2.26. The molecule has 1 unspecified atom stereocenters. The number of hydrogen-bond acceptors (Lipinski definition) is 3. The molecule has 0 radical (unpaired) electrons. The number of carbonyl (C=O) groups excluding carboxylic acids is 1. The van der Waals surface area contributed by atoms with Crippen molar-refractivity contribution in [3.05, 3.63) is 35.4 Å². The van der Waals surface area contributed by atoms with Gasteiger partial charge in [-0.3, -0.25) is 0 Å². The van der Waals surface area contributed by atoms with Crippen LogP contribution in [-0.4, -0.2) is 37.6 Å². The standard InChI is InChI=1S/C14H19NO2/c1-3-17-14(16)12-6-4-5-11(9-12)13-7-8-15(2)10-13/h4-6,9,13H,3,7-8,10H2,1-2H3. The van der Waals surface area contributed by atoms with E-state index in [4.69, 9.17) is 4.74 Å². The van der Waals surface area contributed by atoms with Gasteiger partial charge in [0.15, 0.2) is 0 Å². The summed E-state index contributed by atoms with van der Waals surface area (Å²) in [7, 11) is 2.13. The van der Waals surface area contributed by atoms with Crippen LogP contribution < -0.4 is 0 Å². The Kier molecular flexibility index (Phi) is 3.79. The van der Waals surface area contributed by atoms with Crippen LogP contribution in [0.4, 0.5) is 0 Å². The highest BCUT2D eigenvalue weighted by atomic mass is 16.5. The number of carbonyl (C=O) groups is 1. The Hall–Kier alpha value is -1.35. The van der Waals surface area contributed by atoms with Crippen LogP contribution in [0.25, 0.3) is 0 Å². The van der Waals surface area contributed by atoms with Crippen molar-refractivity contribution in [2.45, 2.75) is 19.3 Å². The minimum atomic E-state index is -0.222. The summed E-state index contributed by atoms with van der Waals surface area (Å²) in [4.78, 5) is 14.0. The van der Waals surface area contributed by atoms with Gasteiger partial charge in [-0.15, -0.1) is 0 Å². The fourth-order valence-corrected chi connectivity index (χ4v) is 2.34. The van der Waals surface area contributed by atoms with Gasteiger partial charge in [0.25, 0.3) is 0 Å². The van der Waals surface area contributed by atoms with Gasteiger partial charge in [-0.2, -0.15) is 0 Å². The van der Waals surface area contributed by atoms with Crippen LogP contribution in [0.5, 0.6) is 0 Å². The van der Waals surface area contributed by atoms with Crippen LogP contribution in [0.2, 0.25) is 0 Å². The average molecular weight is 233 g/mol. The third kappa shape index (κ3) is 2.86. The van der Waals surface area contributed by atoms with Gasteiger partial charge in [-0.25, -0.2) is 4.79 Å². The van der Waals surface area contributed by atoms with Crippen LogP contribution in [0.15, 0.2) is 24.3 Å². The first-order valence-electron chi connectivity index (χ1n) is 6.16. The van der Waals surface area contributed by atoms with Gasteiger partial charge in [0.2, 0.25) is 0 Å². The lowest BCUT2D eigenvalue weighted by atomic mass is 9.97. The third-order valence-corrected chi connectivity index (χ3v) is 3.26. The van der Waals surface area contributed by atoms with Gasteiger partial charge in [-0.05, 0) is 50.6 Å². The summed E-state index contributed by atoms with van der Waals surface area (Å²) in [6.07, 6.45) is 1.17. The molecule has 1 saturated heterocycles. The smallest absolute Gasteiger partial charge is 0.338 e. The Morgan fingerprint density at radius 1 is 1.53 bits per heavy atom. The summed E-state index contributed by atoms with van der Waals surface area (Å²) in [5, 5.41) is 0. The maximum Gasteiger partial charge on any atom is 0.338 e. The first-order valence-corrected chi connectivity index (χ1v) is 6.16. The lowest BCUT2D eigenvalue weighted by Gasteiger charge is -2.11. The quantitative estimate of drug-likeness (QED) is 0.750. The van der Waals surface area contributed by atoms with E-state index in [1.165, 1.54) is 12.0 Å². The Bertz CT molecular complexity index is 403. The number of rotatable bonds is 3. The molecule has 0 saturated carbocycles. The molecule has 0 N–H and O–H groups in total. The van der Waals surface area contributed by atoms with E-state index >= 15 is 0 Å². The molecule has 3 heteroatoms. The van der Waals surface area contributed by atoms with Gasteiger partial charge in [0.1, 0.15) is 0 Å². The SMILES string of the molecule is CCOC(=O)c1cccc(C2CCN(C)C2)c1. The Labute approximate surface area is 102 Å². The molecule has 0 amide bonds. The second-order valence-electron chi connectivity index (χ2n) is 4.59. The van der Waals surface area contributed by atoms with Crippen molar-refractivity contribution >= 4 is 5.97 Å². The first kappa shape index (κ1) is 12.1. The Morgan fingerprint density at radius 2 is 2.35 bits per heavy atom. The predicted octanol–water partition coefficient (Wildman–Crippen LogP) is 2.28. The minimum absolute atomic E-state index is 0.222. The van der Waals surface area contributed by atoms with Crippen molar-refractivity contribution in [2.24, 2.45) is 0 Å². The zero-order valence-corrected chi connectivity index (χ0v) is 10.5. The Balaban J connectivity index is 2.14. The molecule has 1 fully saturated rings. The van der Waals surface area contributed by atoms with E-state index in [-0.39, 0.29) is 5.97 Å². The average Bonchev–Trinajstić information content (AvgIpc) is 2.76. The molecular formula is C14H19NO2. The number of ether oxygens (including phenoxy) is 1. The summed E-state index contributed by atoms with van der Waals surface area (Å²) >= 11 is 0. The van der Waals surface area contributed by atoms with Gasteiger partial charge >= 0.3 is 5.97 Å². The second-order valence-corrected chi connectivity index (χ2v) is 4.59. The van der Waals surface area contributed by atoms with Crippen LogP contribution in [0, 0.1) is 0 Å². The monoisotopic (exact) mass is 233 g/mol. The molecule has 1 atom stereocenters. The lowest BCUT2D eigenvalue weighted by Crippen LogP contribution is -2.13. The fourth-order valence-electron chi connectivity index (χ4n) is 2.34. The van der Waals surface area contributed by atoms with E-state index in [0.29, 0.717) is 18.1 Å². The fraction of sp³-hybridized carbons (Fsp3) is 0.500. The second kappa shape index (κ2) is 5.32. The predicted molar refractivity (Wildman–Crippen MR) is 67.3 cm³/mol. The number of hydrogen-bond donors (Lipinski definition) is 0. The Morgan fingerprint density at radius 3 is 3.00 bits per heavy atom. The van der Waals surface area contributed by atoms with Crippen molar-refractivity contribution in [2.75, 3.05) is 26.7 Å². The van der Waals surface area contributed by atoms with E-state index in [1.54, 1.807) is 0 Å². The van der Waals surface area contributed by atoms with E-state index in [9.17, 15) is 4.79 Å². The summed E-state index contributed by atoms with van der Waals surface area (Å²) in [5.41, 5.74) is 1.92. The van der Waals surface area contributed by atoms with Crippen LogP contribution >= 0.6 is 0 Å². The molecule has 1 aromatic rings. The highest BCUT2D eigenvalue weighted by molar-refractivity contribution is 5.89. The summed E-state index contributed by atoms with van der Waals surface area (Å²) < 4.78 is 5.02. The summed E-state index contributed by atoms with van der Waals surface area (Å²) in [5.74, 6) is 0.329. The van der Waals surface area contributed by atoms with Gasteiger partial charge in [0, 0.05) is 6.54 Å². The molecule has 3 nitrogen and oxygen atoms in total. The molecule has 2 rings (SSSR count). The largest absolute Gasteiger partial charge is 0.462 e. The summed E-state index contributed by atoms with van der Waals surface area (Å²) in [6, 6.07) is 7.84. The third-order valence-electron chi connectivity index (χ3n) is 3.26.